The van der Waals surface area contributed by atoms with Gasteiger partial charge in [0.15, 0.2) is 0 Å². The second kappa shape index (κ2) is 4.83. The van der Waals surface area contributed by atoms with Crippen LogP contribution < -0.4 is 0 Å². The Balaban J connectivity index is 2.96. The van der Waals surface area contributed by atoms with Crippen molar-refractivity contribution in [3.05, 3.63) is 29.8 Å². The maximum Gasteiger partial charge on any atom is 0.0122 e. The van der Waals surface area contributed by atoms with Crippen LogP contribution in [0, 0.1) is 0 Å². The molecule has 0 N–H and O–H groups in total. The van der Waals surface area contributed by atoms with E-state index in [9.17, 15) is 0 Å². The average Bonchev–Trinajstić information content (AvgIpc) is 2.15. The molecule has 0 saturated heterocycles. The summed E-state index contributed by atoms with van der Waals surface area (Å²) in [5.41, 5.74) is 1.73. The zero-order valence-corrected chi connectivity index (χ0v) is 12.2. The molecule has 0 fully saturated rings. The summed E-state index contributed by atoms with van der Waals surface area (Å²) >= 11 is 1.94. The molecule has 0 aliphatic heterocycles. The first-order valence-corrected chi connectivity index (χ1v) is 6.86. The highest BCUT2D eigenvalue weighted by molar-refractivity contribution is 8.00. The van der Waals surface area contributed by atoms with Gasteiger partial charge in [0.25, 0.3) is 0 Å². The third-order valence-corrected chi connectivity index (χ3v) is 4.03. The van der Waals surface area contributed by atoms with Crippen LogP contribution in [0.15, 0.2) is 29.2 Å². The van der Waals surface area contributed by atoms with Crippen LogP contribution in [0.4, 0.5) is 0 Å². The van der Waals surface area contributed by atoms with Gasteiger partial charge in [-0.15, -0.1) is 11.8 Å². The van der Waals surface area contributed by atoms with Crippen molar-refractivity contribution in [2.24, 2.45) is 0 Å². The number of rotatable bonds is 3. The van der Waals surface area contributed by atoms with Gasteiger partial charge in [-0.1, -0.05) is 53.7 Å². The van der Waals surface area contributed by atoms with E-state index >= 15 is 0 Å². The van der Waals surface area contributed by atoms with Crippen molar-refractivity contribution >= 4 is 11.8 Å². The largest absolute Gasteiger partial charge is 0.120 e. The molecule has 0 atom stereocenters. The van der Waals surface area contributed by atoms with Crippen molar-refractivity contribution < 1.29 is 0 Å². The Morgan fingerprint density at radius 2 is 1.69 bits per heavy atom. The van der Waals surface area contributed by atoms with Gasteiger partial charge in [-0.05, 0) is 29.5 Å². The van der Waals surface area contributed by atoms with Crippen LogP contribution >= 0.6 is 11.8 Å². The van der Waals surface area contributed by atoms with Crippen LogP contribution in [0.25, 0.3) is 0 Å². The predicted molar refractivity (Wildman–Crippen MR) is 75.4 cm³/mol. The van der Waals surface area contributed by atoms with Crippen LogP contribution in [0.2, 0.25) is 0 Å². The van der Waals surface area contributed by atoms with Gasteiger partial charge >= 0.3 is 0 Å². The minimum atomic E-state index is 0.286. The number of hydrogen-bond donors (Lipinski definition) is 0. The molecule has 1 rings (SSSR count). The zero-order valence-electron chi connectivity index (χ0n) is 11.4. The van der Waals surface area contributed by atoms with E-state index in [2.05, 4.69) is 65.8 Å². The molecule has 0 radical (unpaired) electrons. The smallest absolute Gasteiger partial charge is 0.0122 e. The molecule has 0 spiro atoms. The van der Waals surface area contributed by atoms with Crippen molar-refractivity contribution in [3.63, 3.8) is 0 Å². The first-order chi connectivity index (χ1) is 7.24. The highest BCUT2D eigenvalue weighted by Gasteiger charge is 2.19. The van der Waals surface area contributed by atoms with E-state index in [4.69, 9.17) is 0 Å². The lowest BCUT2D eigenvalue weighted by Crippen LogP contribution is -2.15. The molecule has 1 heteroatoms. The fourth-order valence-corrected chi connectivity index (χ4v) is 2.58. The van der Waals surface area contributed by atoms with Gasteiger partial charge in [0, 0.05) is 9.64 Å². The zero-order chi connectivity index (χ0) is 12.4. The van der Waals surface area contributed by atoms with Gasteiger partial charge in [0.2, 0.25) is 0 Å². The highest BCUT2D eigenvalue weighted by atomic mass is 32.2. The lowest BCUT2D eigenvalue weighted by molar-refractivity contribution is 0.505. The maximum atomic E-state index is 2.35. The molecule has 0 nitrogen and oxygen atoms in total. The molecule has 0 bridgehead atoms. The monoisotopic (exact) mass is 236 g/mol. The van der Waals surface area contributed by atoms with Gasteiger partial charge in [0.05, 0.1) is 0 Å². The van der Waals surface area contributed by atoms with Crippen LogP contribution in [0.3, 0.4) is 0 Å². The standard InChI is InChI=1S/C15H24S/c1-7-15(5,6)12-9-8-10-13(11-12)16-14(2,3)4/h8-11H,7H2,1-6H3. The predicted octanol–water partition coefficient (Wildman–Crippen LogP) is 5.26. The molecule has 1 aromatic rings. The highest BCUT2D eigenvalue weighted by Crippen LogP contribution is 2.35. The van der Waals surface area contributed by atoms with Crippen molar-refractivity contribution in [3.8, 4) is 0 Å². The van der Waals surface area contributed by atoms with E-state index in [0.29, 0.717) is 0 Å². The van der Waals surface area contributed by atoms with E-state index in [0.717, 1.165) is 0 Å². The van der Waals surface area contributed by atoms with Crippen molar-refractivity contribution in [2.45, 2.75) is 63.0 Å². The number of benzene rings is 1. The summed E-state index contributed by atoms with van der Waals surface area (Å²) in [7, 11) is 0. The molecule has 0 aromatic heterocycles. The molecule has 0 heterocycles. The van der Waals surface area contributed by atoms with E-state index in [1.165, 1.54) is 16.9 Å². The van der Waals surface area contributed by atoms with Crippen LogP contribution in [0.1, 0.15) is 53.5 Å². The Bertz CT molecular complexity index is 345. The Hall–Kier alpha value is -0.430. The van der Waals surface area contributed by atoms with Gasteiger partial charge < -0.3 is 0 Å². The number of hydrogen-bond acceptors (Lipinski definition) is 1. The molecule has 0 amide bonds. The van der Waals surface area contributed by atoms with E-state index < -0.39 is 0 Å². The van der Waals surface area contributed by atoms with Gasteiger partial charge in [-0.2, -0.15) is 0 Å². The van der Waals surface area contributed by atoms with E-state index in [1.807, 2.05) is 11.8 Å². The summed E-state index contributed by atoms with van der Waals surface area (Å²) in [5, 5.41) is 0. The SMILES string of the molecule is CCC(C)(C)c1cccc(SC(C)(C)C)c1. The van der Waals surface area contributed by atoms with Crippen molar-refractivity contribution in [1.82, 2.24) is 0 Å². The minimum absolute atomic E-state index is 0.286. The van der Waals surface area contributed by atoms with Gasteiger partial charge in [-0.25, -0.2) is 0 Å². The lowest BCUT2D eigenvalue weighted by atomic mass is 9.82. The molecule has 16 heavy (non-hydrogen) atoms. The Kier molecular flexibility index (Phi) is 4.12. The summed E-state index contributed by atoms with van der Waals surface area (Å²) in [5.74, 6) is 0. The summed E-state index contributed by atoms with van der Waals surface area (Å²) in [6, 6.07) is 8.99. The minimum Gasteiger partial charge on any atom is -0.120 e. The molecule has 1 aromatic carbocycles. The molecule has 90 valence electrons. The third kappa shape index (κ3) is 3.86. The molecule has 0 saturated carbocycles. The second-order valence-electron chi connectivity index (χ2n) is 5.98. The average molecular weight is 236 g/mol. The normalized spacial score (nSPS) is 12.9. The summed E-state index contributed by atoms with van der Waals surface area (Å²) in [6.07, 6.45) is 1.18. The first kappa shape index (κ1) is 13.6. The van der Waals surface area contributed by atoms with Crippen LogP contribution in [0.5, 0.6) is 0 Å². The third-order valence-electron chi connectivity index (χ3n) is 2.92. The molecular formula is C15H24S. The maximum absolute atomic E-state index is 2.35. The van der Waals surface area contributed by atoms with Gasteiger partial charge in [-0.3, -0.25) is 0 Å². The van der Waals surface area contributed by atoms with Crippen LogP contribution in [-0.2, 0) is 5.41 Å². The second-order valence-corrected chi connectivity index (χ2v) is 7.88. The summed E-state index contributed by atoms with van der Waals surface area (Å²) < 4.78 is 0.287. The molecular weight excluding hydrogens is 212 g/mol. The summed E-state index contributed by atoms with van der Waals surface area (Å²) in [6.45, 7) is 13.7. The van der Waals surface area contributed by atoms with Gasteiger partial charge in [0.1, 0.15) is 0 Å². The fraction of sp³-hybridized carbons (Fsp3) is 0.600. The Morgan fingerprint density at radius 1 is 1.06 bits per heavy atom. The number of thioether (sulfide) groups is 1. The first-order valence-electron chi connectivity index (χ1n) is 6.04. The summed E-state index contributed by atoms with van der Waals surface area (Å²) in [4.78, 5) is 1.38. The van der Waals surface area contributed by atoms with Crippen molar-refractivity contribution in [2.75, 3.05) is 0 Å². The van der Waals surface area contributed by atoms with E-state index in [1.54, 1.807) is 0 Å². The Morgan fingerprint density at radius 3 is 2.19 bits per heavy atom. The quantitative estimate of drug-likeness (QED) is 0.645. The van der Waals surface area contributed by atoms with Crippen LogP contribution in [-0.4, -0.2) is 4.75 Å². The van der Waals surface area contributed by atoms with E-state index in [-0.39, 0.29) is 10.2 Å². The fourth-order valence-electron chi connectivity index (χ4n) is 1.54. The lowest BCUT2D eigenvalue weighted by Gasteiger charge is -2.25. The molecule has 0 aliphatic carbocycles. The topological polar surface area (TPSA) is 0 Å². The molecule has 0 unspecified atom stereocenters. The van der Waals surface area contributed by atoms with Crippen molar-refractivity contribution in [1.29, 1.82) is 0 Å². The Labute approximate surface area is 105 Å². The molecule has 0 aliphatic rings.